The van der Waals surface area contributed by atoms with Crippen LogP contribution in [0.25, 0.3) is 0 Å². The van der Waals surface area contributed by atoms with Gasteiger partial charge in [-0.3, -0.25) is 0 Å². The van der Waals surface area contributed by atoms with E-state index in [1.54, 1.807) is 12.1 Å². The molecule has 0 aliphatic carbocycles. The molecule has 0 aliphatic heterocycles. The van der Waals surface area contributed by atoms with Crippen LogP contribution in [0.1, 0.15) is 25.0 Å². The van der Waals surface area contributed by atoms with Crippen molar-refractivity contribution in [2.45, 2.75) is 31.7 Å². The summed E-state index contributed by atoms with van der Waals surface area (Å²) in [6.07, 6.45) is 0.507. The molecule has 0 saturated heterocycles. The van der Waals surface area contributed by atoms with Crippen LogP contribution in [0.3, 0.4) is 0 Å². The molecule has 0 amide bonds. The summed E-state index contributed by atoms with van der Waals surface area (Å²) in [5.74, 6) is -0.201. The van der Waals surface area contributed by atoms with Crippen molar-refractivity contribution in [2.75, 3.05) is 0 Å². The first-order valence-corrected chi connectivity index (χ1v) is 7.45. The molecule has 0 heterocycles. The highest BCUT2D eigenvalue weighted by Crippen LogP contribution is 2.28. The Morgan fingerprint density at radius 1 is 1.15 bits per heavy atom. The molecule has 20 heavy (non-hydrogen) atoms. The van der Waals surface area contributed by atoms with E-state index < -0.39 is 0 Å². The third-order valence-corrected chi connectivity index (χ3v) is 4.39. The maximum Gasteiger partial charge on any atom is 0.126 e. The Morgan fingerprint density at radius 2 is 1.80 bits per heavy atom. The topological polar surface area (TPSA) is 26.0 Å². The van der Waals surface area contributed by atoms with Crippen LogP contribution in [0.15, 0.2) is 53.0 Å². The molecule has 0 spiro atoms. The Labute approximate surface area is 128 Å². The molecule has 3 heteroatoms. The third-order valence-electron chi connectivity index (χ3n) is 3.89. The zero-order valence-corrected chi connectivity index (χ0v) is 13.3. The Morgan fingerprint density at radius 3 is 2.45 bits per heavy atom. The zero-order valence-electron chi connectivity index (χ0n) is 11.7. The van der Waals surface area contributed by atoms with Crippen LogP contribution >= 0.6 is 15.9 Å². The lowest BCUT2D eigenvalue weighted by atomic mass is 9.76. The molecule has 1 unspecified atom stereocenters. The lowest BCUT2D eigenvalue weighted by molar-refractivity contribution is 0.402. The van der Waals surface area contributed by atoms with Gasteiger partial charge in [0.05, 0.1) is 0 Å². The van der Waals surface area contributed by atoms with Gasteiger partial charge < -0.3 is 5.73 Å². The van der Waals surface area contributed by atoms with E-state index in [2.05, 4.69) is 41.9 Å². The zero-order chi connectivity index (χ0) is 14.8. The molecular formula is C17H19BrFN. The lowest BCUT2D eigenvalue weighted by Gasteiger charge is -2.32. The van der Waals surface area contributed by atoms with Crippen LogP contribution in [0.4, 0.5) is 4.39 Å². The first-order valence-electron chi connectivity index (χ1n) is 6.66. The van der Waals surface area contributed by atoms with Crippen LogP contribution in [0, 0.1) is 5.82 Å². The Balaban J connectivity index is 2.23. The largest absolute Gasteiger partial charge is 0.327 e. The molecule has 1 atom stereocenters. The normalized spacial score (nSPS) is 13.2. The monoisotopic (exact) mass is 335 g/mol. The molecule has 0 aromatic heterocycles. The Hall–Kier alpha value is -1.19. The predicted molar refractivity (Wildman–Crippen MR) is 85.2 cm³/mol. The van der Waals surface area contributed by atoms with Gasteiger partial charge in [-0.25, -0.2) is 4.39 Å². The molecule has 2 aromatic rings. The fraction of sp³-hybridized carbons (Fsp3) is 0.294. The summed E-state index contributed by atoms with van der Waals surface area (Å²) in [6, 6.07) is 14.9. The van der Waals surface area contributed by atoms with Gasteiger partial charge in [0.2, 0.25) is 0 Å². The minimum absolute atomic E-state index is 0.159. The van der Waals surface area contributed by atoms with Gasteiger partial charge in [-0.15, -0.1) is 0 Å². The molecule has 0 saturated carbocycles. The van der Waals surface area contributed by atoms with Crippen molar-refractivity contribution in [3.8, 4) is 0 Å². The van der Waals surface area contributed by atoms with Crippen LogP contribution < -0.4 is 5.73 Å². The molecule has 0 radical (unpaired) electrons. The van der Waals surface area contributed by atoms with E-state index in [9.17, 15) is 4.39 Å². The summed E-state index contributed by atoms with van der Waals surface area (Å²) in [6.45, 7) is 4.20. The van der Waals surface area contributed by atoms with Gasteiger partial charge in [0.1, 0.15) is 5.82 Å². The summed E-state index contributed by atoms with van der Waals surface area (Å²) in [5, 5.41) is 0. The average molecular weight is 336 g/mol. The second-order valence-corrected chi connectivity index (χ2v) is 6.55. The highest BCUT2D eigenvalue weighted by atomic mass is 79.9. The summed E-state index contributed by atoms with van der Waals surface area (Å²) >= 11 is 3.37. The van der Waals surface area contributed by atoms with Crippen molar-refractivity contribution in [3.05, 3.63) is 69.9 Å². The first kappa shape index (κ1) is 15.2. The summed E-state index contributed by atoms with van der Waals surface area (Å²) in [4.78, 5) is 0. The number of nitrogens with two attached hydrogens (primary N) is 1. The number of hydrogen-bond donors (Lipinski definition) is 1. The quantitative estimate of drug-likeness (QED) is 0.878. The van der Waals surface area contributed by atoms with Gasteiger partial charge in [-0.2, -0.15) is 0 Å². The molecule has 106 valence electrons. The summed E-state index contributed by atoms with van der Waals surface area (Å²) in [7, 11) is 0. The lowest BCUT2D eigenvalue weighted by Crippen LogP contribution is -2.42. The van der Waals surface area contributed by atoms with E-state index in [4.69, 9.17) is 5.73 Å². The van der Waals surface area contributed by atoms with Gasteiger partial charge in [-0.05, 0) is 35.7 Å². The summed E-state index contributed by atoms with van der Waals surface area (Å²) in [5.41, 5.74) is 7.96. The van der Waals surface area contributed by atoms with E-state index in [0.717, 1.165) is 4.47 Å². The molecule has 0 bridgehead atoms. The van der Waals surface area contributed by atoms with Crippen molar-refractivity contribution in [2.24, 2.45) is 5.73 Å². The maximum atomic E-state index is 13.8. The number of rotatable bonds is 4. The fourth-order valence-corrected chi connectivity index (χ4v) is 2.68. The molecule has 2 aromatic carbocycles. The van der Waals surface area contributed by atoms with Crippen molar-refractivity contribution >= 4 is 15.9 Å². The number of halogens is 2. The molecular weight excluding hydrogens is 317 g/mol. The molecule has 0 aliphatic rings. The van der Waals surface area contributed by atoms with Crippen LogP contribution in [-0.2, 0) is 11.8 Å². The van der Waals surface area contributed by atoms with E-state index in [1.807, 2.05) is 18.2 Å². The highest BCUT2D eigenvalue weighted by molar-refractivity contribution is 9.10. The smallest absolute Gasteiger partial charge is 0.126 e. The Bertz CT molecular complexity index is 581. The predicted octanol–water partition coefficient (Wildman–Crippen LogP) is 4.44. The highest BCUT2D eigenvalue weighted by Gasteiger charge is 2.29. The molecule has 1 nitrogen and oxygen atoms in total. The van der Waals surface area contributed by atoms with E-state index in [0.29, 0.717) is 12.0 Å². The molecule has 0 fully saturated rings. The number of hydrogen-bond acceptors (Lipinski definition) is 1. The fourth-order valence-electron chi connectivity index (χ4n) is 2.27. The maximum absolute atomic E-state index is 13.8. The van der Waals surface area contributed by atoms with Crippen LogP contribution in [0.5, 0.6) is 0 Å². The third kappa shape index (κ3) is 3.28. The van der Waals surface area contributed by atoms with Crippen LogP contribution in [0.2, 0.25) is 0 Å². The van der Waals surface area contributed by atoms with Gasteiger partial charge in [0, 0.05) is 15.9 Å². The van der Waals surface area contributed by atoms with E-state index in [-0.39, 0.29) is 17.3 Å². The second kappa shape index (κ2) is 6.06. The second-order valence-electron chi connectivity index (χ2n) is 5.63. The van der Waals surface area contributed by atoms with Crippen molar-refractivity contribution in [1.82, 2.24) is 0 Å². The van der Waals surface area contributed by atoms with Crippen molar-refractivity contribution in [3.63, 3.8) is 0 Å². The first-order chi connectivity index (χ1) is 9.41. The minimum Gasteiger partial charge on any atom is -0.327 e. The summed E-state index contributed by atoms with van der Waals surface area (Å²) < 4.78 is 14.7. The SMILES string of the molecule is CC(C)(c1ccccc1)C(N)Cc1cc(Br)ccc1F. The van der Waals surface area contributed by atoms with Gasteiger partial charge in [0.15, 0.2) is 0 Å². The molecule has 2 N–H and O–H groups in total. The Kier molecular flexibility index (Phi) is 4.61. The minimum atomic E-state index is -0.212. The van der Waals surface area contributed by atoms with Crippen molar-refractivity contribution < 1.29 is 4.39 Å². The van der Waals surface area contributed by atoms with Crippen LogP contribution in [-0.4, -0.2) is 6.04 Å². The van der Waals surface area contributed by atoms with Crippen molar-refractivity contribution in [1.29, 1.82) is 0 Å². The van der Waals surface area contributed by atoms with E-state index >= 15 is 0 Å². The average Bonchev–Trinajstić information content (AvgIpc) is 2.43. The standard InChI is InChI=1S/C17H19BrFN/c1-17(2,13-6-4-3-5-7-13)16(20)11-12-10-14(18)8-9-15(12)19/h3-10,16H,11,20H2,1-2H3. The van der Waals surface area contributed by atoms with Gasteiger partial charge in [-0.1, -0.05) is 60.1 Å². The molecule has 2 rings (SSSR count). The van der Waals surface area contributed by atoms with Gasteiger partial charge >= 0.3 is 0 Å². The number of benzene rings is 2. The van der Waals surface area contributed by atoms with E-state index in [1.165, 1.54) is 11.6 Å². The van der Waals surface area contributed by atoms with Gasteiger partial charge in [0.25, 0.3) is 0 Å².